The van der Waals surface area contributed by atoms with Gasteiger partial charge < -0.3 is 14.6 Å². The van der Waals surface area contributed by atoms with E-state index in [4.69, 9.17) is 9.26 Å². The lowest BCUT2D eigenvalue weighted by Crippen LogP contribution is -2.11. The quantitative estimate of drug-likeness (QED) is 0.355. The van der Waals surface area contributed by atoms with Crippen LogP contribution in [0.1, 0.15) is 38.8 Å². The second-order valence-electron chi connectivity index (χ2n) is 7.63. The zero-order chi connectivity index (χ0) is 23.4. The second-order valence-corrected chi connectivity index (χ2v) is 8.67. The number of aromatic nitrogens is 3. The Kier molecular flexibility index (Phi) is 6.74. The molecule has 7 nitrogen and oxygen atoms in total. The van der Waals surface area contributed by atoms with Gasteiger partial charge >= 0.3 is 0 Å². The molecule has 1 amide bonds. The minimum absolute atomic E-state index is 0.190. The molecule has 33 heavy (non-hydrogen) atoms. The van der Waals surface area contributed by atoms with E-state index in [1.54, 1.807) is 24.3 Å². The maximum Gasteiger partial charge on any atom is 0.255 e. The van der Waals surface area contributed by atoms with Gasteiger partial charge in [0.1, 0.15) is 18.1 Å². The molecule has 0 saturated carbocycles. The Bertz CT molecular complexity index is 1230. The third-order valence-electron chi connectivity index (χ3n) is 4.96. The van der Waals surface area contributed by atoms with Gasteiger partial charge in [-0.1, -0.05) is 5.16 Å². The van der Waals surface area contributed by atoms with E-state index >= 15 is 0 Å². The van der Waals surface area contributed by atoms with Crippen LogP contribution in [0, 0.1) is 27.7 Å². The number of nitrogens with zero attached hydrogens (tertiary/aromatic N) is 3. The van der Waals surface area contributed by atoms with Gasteiger partial charge in [0.05, 0.1) is 11.3 Å². The van der Waals surface area contributed by atoms with Crippen molar-refractivity contribution < 1.29 is 14.1 Å². The van der Waals surface area contributed by atoms with Crippen molar-refractivity contribution in [3.63, 3.8) is 0 Å². The van der Waals surface area contributed by atoms with Gasteiger partial charge in [0.25, 0.3) is 5.91 Å². The molecule has 1 N–H and O–H groups in total. The van der Waals surface area contributed by atoms with Crippen LogP contribution in [0.15, 0.2) is 69.2 Å². The fourth-order valence-electron chi connectivity index (χ4n) is 3.22. The molecule has 0 radical (unpaired) electrons. The van der Waals surface area contributed by atoms with Gasteiger partial charge in [-0.25, -0.2) is 9.97 Å². The van der Waals surface area contributed by atoms with Crippen molar-refractivity contribution in [3.05, 3.63) is 88.6 Å². The van der Waals surface area contributed by atoms with Crippen molar-refractivity contribution in [1.29, 1.82) is 0 Å². The molecule has 0 spiro atoms. The molecule has 0 bridgehead atoms. The number of hydrogen-bond acceptors (Lipinski definition) is 7. The van der Waals surface area contributed by atoms with Gasteiger partial charge in [0.15, 0.2) is 5.16 Å². The number of anilines is 1. The molecule has 0 saturated heterocycles. The summed E-state index contributed by atoms with van der Waals surface area (Å²) in [6.07, 6.45) is 0. The predicted octanol–water partition coefficient (Wildman–Crippen LogP) is 5.68. The third kappa shape index (κ3) is 5.78. The highest BCUT2D eigenvalue weighted by Gasteiger charge is 2.11. The SMILES string of the molecule is Cc1cc(C)nc(Sc2ccc(NC(=O)c3ccc(OCc4c(C)noc4C)cc3)cc2)n1. The summed E-state index contributed by atoms with van der Waals surface area (Å²) in [4.78, 5) is 22.5. The summed E-state index contributed by atoms with van der Waals surface area (Å²) in [5, 5.41) is 7.55. The lowest BCUT2D eigenvalue weighted by Gasteiger charge is -2.09. The monoisotopic (exact) mass is 460 g/mol. The summed E-state index contributed by atoms with van der Waals surface area (Å²) in [6, 6.07) is 16.6. The molecule has 2 aromatic heterocycles. The van der Waals surface area contributed by atoms with E-state index in [0.29, 0.717) is 28.8 Å². The highest BCUT2D eigenvalue weighted by Crippen LogP contribution is 2.26. The van der Waals surface area contributed by atoms with Gasteiger partial charge in [-0.05, 0) is 94.1 Å². The van der Waals surface area contributed by atoms with Crippen LogP contribution in [0.25, 0.3) is 0 Å². The van der Waals surface area contributed by atoms with Crippen LogP contribution >= 0.6 is 11.8 Å². The van der Waals surface area contributed by atoms with Gasteiger partial charge in [0.2, 0.25) is 0 Å². The van der Waals surface area contributed by atoms with E-state index in [-0.39, 0.29) is 5.91 Å². The van der Waals surface area contributed by atoms with Crippen molar-refractivity contribution in [2.75, 3.05) is 5.32 Å². The number of rotatable bonds is 7. The highest BCUT2D eigenvalue weighted by molar-refractivity contribution is 7.99. The molecule has 0 atom stereocenters. The first kappa shape index (κ1) is 22.5. The number of benzene rings is 2. The molecule has 4 rings (SSSR count). The van der Waals surface area contributed by atoms with Crippen molar-refractivity contribution in [2.24, 2.45) is 0 Å². The minimum atomic E-state index is -0.190. The van der Waals surface area contributed by atoms with Crippen LogP contribution in [0.5, 0.6) is 5.75 Å². The summed E-state index contributed by atoms with van der Waals surface area (Å²) in [6.45, 7) is 8.01. The number of ether oxygens (including phenoxy) is 1. The zero-order valence-electron chi connectivity index (χ0n) is 18.9. The number of aryl methyl sites for hydroxylation is 4. The zero-order valence-corrected chi connectivity index (χ0v) is 19.7. The van der Waals surface area contributed by atoms with Crippen molar-refractivity contribution >= 4 is 23.4 Å². The lowest BCUT2D eigenvalue weighted by atomic mass is 10.2. The molecule has 8 heteroatoms. The van der Waals surface area contributed by atoms with E-state index in [9.17, 15) is 4.79 Å². The van der Waals surface area contributed by atoms with Crippen molar-refractivity contribution in [1.82, 2.24) is 15.1 Å². The average Bonchev–Trinajstić information content (AvgIpc) is 3.10. The summed E-state index contributed by atoms with van der Waals surface area (Å²) in [7, 11) is 0. The second kappa shape index (κ2) is 9.87. The maximum atomic E-state index is 12.6. The van der Waals surface area contributed by atoms with Crippen LogP contribution in [-0.4, -0.2) is 21.0 Å². The van der Waals surface area contributed by atoms with Crippen LogP contribution in [-0.2, 0) is 6.61 Å². The van der Waals surface area contributed by atoms with E-state index in [0.717, 1.165) is 33.3 Å². The van der Waals surface area contributed by atoms with Crippen LogP contribution in [0.4, 0.5) is 5.69 Å². The smallest absolute Gasteiger partial charge is 0.255 e. The first-order valence-corrected chi connectivity index (χ1v) is 11.3. The molecule has 0 aliphatic heterocycles. The number of nitrogens with one attached hydrogen (secondary N) is 1. The molecular weight excluding hydrogens is 436 g/mol. The number of carbonyl (C=O) groups is 1. The Balaban J connectivity index is 1.34. The summed E-state index contributed by atoms with van der Waals surface area (Å²) in [5.74, 6) is 1.22. The fraction of sp³-hybridized carbons (Fsp3) is 0.200. The Hall–Kier alpha value is -3.65. The van der Waals surface area contributed by atoms with E-state index < -0.39 is 0 Å². The Morgan fingerprint density at radius 2 is 1.64 bits per heavy atom. The minimum Gasteiger partial charge on any atom is -0.489 e. The normalized spacial score (nSPS) is 10.8. The molecule has 0 aliphatic rings. The molecule has 0 unspecified atom stereocenters. The highest BCUT2D eigenvalue weighted by atomic mass is 32.2. The van der Waals surface area contributed by atoms with Crippen molar-refractivity contribution in [3.8, 4) is 5.75 Å². The fourth-order valence-corrected chi connectivity index (χ4v) is 4.08. The molecule has 4 aromatic rings. The molecule has 168 valence electrons. The van der Waals surface area contributed by atoms with Crippen molar-refractivity contribution in [2.45, 2.75) is 44.4 Å². The van der Waals surface area contributed by atoms with E-state index in [2.05, 4.69) is 20.4 Å². The number of amides is 1. The lowest BCUT2D eigenvalue weighted by molar-refractivity contribution is 0.102. The number of hydrogen-bond donors (Lipinski definition) is 1. The molecule has 2 aromatic carbocycles. The summed E-state index contributed by atoms with van der Waals surface area (Å²) >= 11 is 1.49. The first-order chi connectivity index (χ1) is 15.9. The Labute approximate surface area is 196 Å². The van der Waals surface area contributed by atoms with E-state index in [1.807, 2.05) is 58.0 Å². The average molecular weight is 461 g/mol. The Morgan fingerprint density at radius 3 is 2.24 bits per heavy atom. The van der Waals surface area contributed by atoms with Gasteiger partial charge in [-0.3, -0.25) is 4.79 Å². The summed E-state index contributed by atoms with van der Waals surface area (Å²) < 4.78 is 10.9. The molecule has 2 heterocycles. The van der Waals surface area contributed by atoms with Gasteiger partial charge in [-0.15, -0.1) is 0 Å². The van der Waals surface area contributed by atoms with Gasteiger partial charge in [-0.2, -0.15) is 0 Å². The largest absolute Gasteiger partial charge is 0.489 e. The third-order valence-corrected chi connectivity index (χ3v) is 5.84. The summed E-state index contributed by atoms with van der Waals surface area (Å²) in [5.41, 5.74) is 4.88. The van der Waals surface area contributed by atoms with E-state index in [1.165, 1.54) is 11.8 Å². The maximum absolute atomic E-state index is 12.6. The first-order valence-electron chi connectivity index (χ1n) is 10.4. The van der Waals surface area contributed by atoms with Crippen LogP contribution < -0.4 is 10.1 Å². The Morgan fingerprint density at radius 1 is 0.970 bits per heavy atom. The molecule has 0 aliphatic carbocycles. The topological polar surface area (TPSA) is 90.1 Å². The standard InChI is InChI=1S/C25H24N4O3S/c1-15-13-16(2)27-25(26-15)33-22-11-7-20(8-12-22)28-24(30)19-5-9-21(10-6-19)31-14-23-17(3)29-32-18(23)4/h5-13H,14H2,1-4H3,(H,28,30). The van der Waals surface area contributed by atoms with Crippen LogP contribution in [0.3, 0.4) is 0 Å². The molecular formula is C25H24N4O3S. The predicted molar refractivity (Wildman–Crippen MR) is 127 cm³/mol. The number of carbonyl (C=O) groups excluding carboxylic acids is 1. The van der Waals surface area contributed by atoms with Crippen LogP contribution in [0.2, 0.25) is 0 Å². The van der Waals surface area contributed by atoms with Gasteiger partial charge in [0, 0.05) is 27.5 Å². The molecule has 0 fully saturated rings.